The van der Waals surface area contributed by atoms with Crippen LogP contribution in [0, 0.1) is 0 Å². The van der Waals surface area contributed by atoms with Crippen molar-refractivity contribution in [2.75, 3.05) is 19.6 Å². The van der Waals surface area contributed by atoms with E-state index >= 15 is 0 Å². The highest BCUT2D eigenvalue weighted by Gasteiger charge is 2.23. The molecule has 2 N–H and O–H groups in total. The van der Waals surface area contributed by atoms with Crippen molar-refractivity contribution in [3.05, 3.63) is 165 Å². The van der Waals surface area contributed by atoms with Gasteiger partial charge in [-0.1, -0.05) is 91.9 Å². The summed E-state index contributed by atoms with van der Waals surface area (Å²) in [5.74, 6) is 1.52. The van der Waals surface area contributed by atoms with Gasteiger partial charge in [0.25, 0.3) is 0 Å². The Labute approximate surface area is 341 Å². The lowest BCUT2D eigenvalue weighted by Gasteiger charge is -2.31. The van der Waals surface area contributed by atoms with Crippen molar-refractivity contribution < 1.29 is 28.5 Å². The number of benzene rings is 4. The molecule has 6 rings (SSSR count). The van der Waals surface area contributed by atoms with Gasteiger partial charge >= 0.3 is 12.2 Å². The Morgan fingerprint density at radius 3 is 1.37 bits per heavy atom. The summed E-state index contributed by atoms with van der Waals surface area (Å²) < 4.78 is 23.2. The molecule has 0 spiro atoms. The molecular weight excluding hydrogens is 759 g/mol. The minimum atomic E-state index is -0.511. The van der Waals surface area contributed by atoms with Crippen LogP contribution in [0.15, 0.2) is 133 Å². The number of hydrogen-bond donors (Lipinski definition) is 2. The minimum absolute atomic E-state index is 0.139. The molecule has 296 valence electrons. The number of alkyl carbamates (subject to hydrolysis) is 2. The fraction of sp³-hybridized carbons (Fsp3) is 0.273. The molecule has 2 atom stereocenters. The Balaban J connectivity index is 1.12. The van der Waals surface area contributed by atoms with E-state index in [-0.39, 0.29) is 25.3 Å². The maximum Gasteiger partial charge on any atom is 0.407 e. The molecule has 2 amide bonds. The Bertz CT molecular complexity index is 1890. The van der Waals surface area contributed by atoms with Crippen LogP contribution in [0.5, 0.6) is 11.5 Å². The maximum atomic E-state index is 13.1. The number of carbonyl (C=O) groups is 2. The zero-order chi connectivity index (χ0) is 39.5. The normalized spacial score (nSPS) is 12.0. The first-order chi connectivity index (χ1) is 28.0. The first kappa shape index (κ1) is 40.9. The second kappa shape index (κ2) is 22.1. The lowest BCUT2D eigenvalue weighted by atomic mass is 10.0. The number of nitrogens with one attached hydrogen (secondary N) is 2. The number of aromatic nitrogens is 2. The Morgan fingerprint density at radius 2 is 1.00 bits per heavy atom. The summed E-state index contributed by atoms with van der Waals surface area (Å²) in [6.07, 6.45) is 3.45. The van der Waals surface area contributed by atoms with E-state index in [0.717, 1.165) is 43.5 Å². The highest BCUT2D eigenvalue weighted by atomic mass is 32.1. The SMILES string of the molecule is CCN(CC(Cc1ccc(OCc2ccccc2)cc1)NC(=O)OCc1cncs1)C[C@H](Cc1ccc(OCc2ccccc2)cc1)NC(=O)OCc1cncs1. The zero-order valence-electron chi connectivity index (χ0n) is 31.8. The molecule has 6 aromatic rings. The van der Waals surface area contributed by atoms with Crippen LogP contribution in [-0.2, 0) is 48.7 Å². The van der Waals surface area contributed by atoms with Crippen molar-refractivity contribution in [1.29, 1.82) is 0 Å². The molecule has 0 saturated carbocycles. The fourth-order valence-corrected chi connectivity index (χ4v) is 7.10. The van der Waals surface area contributed by atoms with Crippen LogP contribution in [-0.4, -0.2) is 58.8 Å². The summed E-state index contributed by atoms with van der Waals surface area (Å²) >= 11 is 2.86. The van der Waals surface area contributed by atoms with Crippen molar-refractivity contribution in [3.63, 3.8) is 0 Å². The van der Waals surface area contributed by atoms with Crippen LogP contribution in [0.1, 0.15) is 38.9 Å². The van der Waals surface area contributed by atoms with E-state index in [1.807, 2.05) is 109 Å². The summed E-state index contributed by atoms with van der Waals surface area (Å²) in [5.41, 5.74) is 7.66. The molecule has 0 radical (unpaired) electrons. The van der Waals surface area contributed by atoms with Crippen LogP contribution in [0.4, 0.5) is 9.59 Å². The first-order valence-corrected chi connectivity index (χ1v) is 20.6. The molecule has 13 heteroatoms. The summed E-state index contributed by atoms with van der Waals surface area (Å²) in [4.78, 5) is 38.4. The number of amides is 2. The molecular formula is C44H47N5O6S2. The molecule has 1 unspecified atom stereocenters. The van der Waals surface area contributed by atoms with Crippen LogP contribution in [0.2, 0.25) is 0 Å². The molecule has 0 saturated heterocycles. The van der Waals surface area contributed by atoms with E-state index in [4.69, 9.17) is 18.9 Å². The van der Waals surface area contributed by atoms with Crippen LogP contribution >= 0.6 is 22.7 Å². The van der Waals surface area contributed by atoms with Crippen molar-refractivity contribution in [3.8, 4) is 11.5 Å². The zero-order valence-corrected chi connectivity index (χ0v) is 33.5. The standard InChI is InChI=1S/C44H47N5O6S2/c1-2-49(25-37(47-43(50)54-29-41-23-45-31-56-41)21-33-13-17-39(18-14-33)52-27-35-9-5-3-6-10-35)26-38(48-44(51)55-30-42-24-46-32-57-42)22-34-15-19-40(20-16-34)53-28-36-11-7-4-8-12-36/h3-20,23-24,31-32,37-38H,2,21-22,25-30H2,1H3,(H,47,50)(H,48,51)/t37-,38?/m0/s1. The summed E-state index contributed by atoms with van der Waals surface area (Å²) in [7, 11) is 0. The van der Waals surface area contributed by atoms with E-state index in [1.54, 1.807) is 23.4 Å². The Hall–Kier alpha value is -5.76. The van der Waals surface area contributed by atoms with Gasteiger partial charge in [0.15, 0.2) is 0 Å². The average molecular weight is 806 g/mol. The number of carbonyl (C=O) groups excluding carboxylic acids is 2. The highest BCUT2D eigenvalue weighted by Crippen LogP contribution is 2.19. The second-order valence-electron chi connectivity index (χ2n) is 13.4. The Morgan fingerprint density at radius 1 is 0.579 bits per heavy atom. The molecule has 0 aliphatic carbocycles. The monoisotopic (exact) mass is 805 g/mol. The second-order valence-corrected chi connectivity index (χ2v) is 15.3. The van der Waals surface area contributed by atoms with Gasteiger partial charge in [0, 0.05) is 37.6 Å². The number of rotatable bonds is 21. The van der Waals surface area contributed by atoms with Gasteiger partial charge in [0.2, 0.25) is 0 Å². The third-order valence-electron chi connectivity index (χ3n) is 9.01. The van der Waals surface area contributed by atoms with Crippen molar-refractivity contribution in [2.45, 2.75) is 58.3 Å². The quantitative estimate of drug-likeness (QED) is 0.0738. The number of thiazole rings is 2. The largest absolute Gasteiger partial charge is 0.489 e. The highest BCUT2D eigenvalue weighted by molar-refractivity contribution is 7.09. The van der Waals surface area contributed by atoms with Gasteiger partial charge in [-0.25, -0.2) is 9.59 Å². The predicted molar refractivity (Wildman–Crippen MR) is 222 cm³/mol. The van der Waals surface area contributed by atoms with Gasteiger partial charge in [-0.3, -0.25) is 14.9 Å². The average Bonchev–Trinajstić information content (AvgIpc) is 3.98. The van der Waals surface area contributed by atoms with Crippen LogP contribution in [0.25, 0.3) is 0 Å². The smallest absolute Gasteiger partial charge is 0.407 e. The minimum Gasteiger partial charge on any atom is -0.489 e. The molecule has 11 nitrogen and oxygen atoms in total. The van der Waals surface area contributed by atoms with E-state index in [1.165, 1.54) is 22.7 Å². The molecule has 57 heavy (non-hydrogen) atoms. The predicted octanol–water partition coefficient (Wildman–Crippen LogP) is 8.45. The van der Waals surface area contributed by atoms with E-state index in [9.17, 15) is 9.59 Å². The number of ether oxygens (including phenoxy) is 4. The van der Waals surface area contributed by atoms with E-state index in [0.29, 0.717) is 45.7 Å². The third-order valence-corrected chi connectivity index (χ3v) is 10.5. The van der Waals surface area contributed by atoms with Gasteiger partial charge in [0.05, 0.1) is 20.8 Å². The molecule has 0 fully saturated rings. The van der Waals surface area contributed by atoms with E-state index < -0.39 is 12.2 Å². The van der Waals surface area contributed by atoms with Crippen LogP contribution < -0.4 is 20.1 Å². The molecule has 2 aromatic heterocycles. The maximum absolute atomic E-state index is 13.1. The van der Waals surface area contributed by atoms with Crippen molar-refractivity contribution >= 4 is 34.9 Å². The van der Waals surface area contributed by atoms with Gasteiger partial charge in [-0.15, -0.1) is 22.7 Å². The third kappa shape index (κ3) is 14.4. The van der Waals surface area contributed by atoms with Gasteiger partial charge < -0.3 is 29.6 Å². The summed E-state index contributed by atoms with van der Waals surface area (Å²) in [5, 5.41) is 6.21. The summed E-state index contributed by atoms with van der Waals surface area (Å²) in [6, 6.07) is 35.3. The van der Waals surface area contributed by atoms with Crippen LogP contribution in [0.3, 0.4) is 0 Å². The summed E-state index contributed by atoms with van der Waals surface area (Å²) in [6.45, 7) is 4.96. The van der Waals surface area contributed by atoms with E-state index in [2.05, 4.69) is 32.4 Å². The van der Waals surface area contributed by atoms with Gasteiger partial charge in [-0.05, 0) is 65.9 Å². The molecule has 0 aliphatic heterocycles. The fourth-order valence-electron chi connectivity index (χ4n) is 6.09. The van der Waals surface area contributed by atoms with Gasteiger partial charge in [-0.2, -0.15) is 0 Å². The van der Waals surface area contributed by atoms with Crippen molar-refractivity contribution in [2.24, 2.45) is 0 Å². The molecule has 0 aliphatic rings. The molecule has 4 aromatic carbocycles. The number of nitrogens with zero attached hydrogens (tertiary/aromatic N) is 3. The number of likely N-dealkylation sites (N-methyl/N-ethyl adjacent to an activating group) is 1. The topological polar surface area (TPSA) is 124 Å². The lowest BCUT2D eigenvalue weighted by molar-refractivity contribution is 0.127. The first-order valence-electron chi connectivity index (χ1n) is 18.8. The number of hydrogen-bond acceptors (Lipinski definition) is 11. The molecule has 0 bridgehead atoms. The Kier molecular flexibility index (Phi) is 15.9. The lowest BCUT2D eigenvalue weighted by Crippen LogP contribution is -2.50. The molecule has 2 heterocycles. The van der Waals surface area contributed by atoms with Gasteiger partial charge in [0.1, 0.15) is 37.9 Å². The van der Waals surface area contributed by atoms with Crippen molar-refractivity contribution in [1.82, 2.24) is 25.5 Å².